The van der Waals surface area contributed by atoms with Crippen LogP contribution in [0.4, 0.5) is 14.5 Å². The number of ether oxygens (including phenoxy) is 1. The molecule has 0 aliphatic rings. The van der Waals surface area contributed by atoms with Crippen molar-refractivity contribution < 1.29 is 13.5 Å². The van der Waals surface area contributed by atoms with Crippen molar-refractivity contribution in [2.45, 2.75) is 10.6 Å². The van der Waals surface area contributed by atoms with Crippen LogP contribution < -0.4 is 10.5 Å². The fourth-order valence-electron chi connectivity index (χ4n) is 1.52. The van der Waals surface area contributed by atoms with Crippen molar-refractivity contribution in [1.82, 2.24) is 4.98 Å². The van der Waals surface area contributed by atoms with Crippen molar-refractivity contribution >= 4 is 17.4 Å². The second-order valence-corrected chi connectivity index (χ2v) is 4.76. The number of hydrogen-bond acceptors (Lipinski definition) is 4. The van der Waals surface area contributed by atoms with Gasteiger partial charge in [-0.05, 0) is 18.2 Å². The zero-order chi connectivity index (χ0) is 13.8. The van der Waals surface area contributed by atoms with Crippen LogP contribution in [0.5, 0.6) is 5.88 Å². The van der Waals surface area contributed by atoms with Gasteiger partial charge in [-0.15, -0.1) is 11.8 Å². The molecule has 0 saturated heterocycles. The van der Waals surface area contributed by atoms with Crippen LogP contribution >= 0.6 is 11.8 Å². The first-order valence-electron chi connectivity index (χ1n) is 5.47. The molecule has 0 fully saturated rings. The maximum absolute atomic E-state index is 13.6. The van der Waals surface area contributed by atoms with E-state index < -0.39 is 11.6 Å². The minimum Gasteiger partial charge on any atom is -0.481 e. The topological polar surface area (TPSA) is 48.1 Å². The van der Waals surface area contributed by atoms with E-state index in [1.54, 1.807) is 18.2 Å². The molecule has 0 spiro atoms. The number of benzene rings is 1. The molecule has 0 atom stereocenters. The average Bonchev–Trinajstić information content (AvgIpc) is 2.37. The molecule has 100 valence electrons. The molecule has 1 aromatic heterocycles. The Kier molecular flexibility index (Phi) is 4.21. The largest absolute Gasteiger partial charge is 0.481 e. The summed E-state index contributed by atoms with van der Waals surface area (Å²) in [6.07, 6.45) is 0. The summed E-state index contributed by atoms with van der Waals surface area (Å²) in [7, 11) is 1.51. The number of nitrogens with zero attached hydrogens (tertiary/aromatic N) is 1. The van der Waals surface area contributed by atoms with Crippen LogP contribution in [0.1, 0.15) is 5.69 Å². The molecule has 3 nitrogen and oxygen atoms in total. The summed E-state index contributed by atoms with van der Waals surface area (Å²) in [6, 6.07) is 7.45. The minimum atomic E-state index is -0.662. The molecule has 1 heterocycles. The summed E-state index contributed by atoms with van der Waals surface area (Å²) in [5.41, 5.74) is 6.10. The normalized spacial score (nSPS) is 10.5. The van der Waals surface area contributed by atoms with Crippen LogP contribution in [0.3, 0.4) is 0 Å². The summed E-state index contributed by atoms with van der Waals surface area (Å²) in [5, 5.41) is 0. The van der Waals surface area contributed by atoms with Gasteiger partial charge in [0.15, 0.2) is 0 Å². The van der Waals surface area contributed by atoms with E-state index in [4.69, 9.17) is 10.5 Å². The maximum Gasteiger partial charge on any atom is 0.213 e. The Bertz CT molecular complexity index is 570. The number of anilines is 1. The summed E-state index contributed by atoms with van der Waals surface area (Å²) in [6.45, 7) is 0. The third-order valence-corrected chi connectivity index (χ3v) is 3.49. The van der Waals surface area contributed by atoms with Gasteiger partial charge >= 0.3 is 0 Å². The van der Waals surface area contributed by atoms with Crippen molar-refractivity contribution in [1.29, 1.82) is 0 Å². The molecule has 0 saturated carbocycles. The van der Waals surface area contributed by atoms with Gasteiger partial charge in [-0.1, -0.05) is 6.07 Å². The van der Waals surface area contributed by atoms with Gasteiger partial charge in [0.05, 0.1) is 17.7 Å². The third kappa shape index (κ3) is 3.35. The van der Waals surface area contributed by atoms with E-state index in [0.717, 1.165) is 23.9 Å². The Morgan fingerprint density at radius 3 is 2.58 bits per heavy atom. The lowest BCUT2D eigenvalue weighted by atomic mass is 10.3. The first kappa shape index (κ1) is 13.6. The van der Waals surface area contributed by atoms with Crippen LogP contribution in [-0.4, -0.2) is 12.1 Å². The molecule has 2 N–H and O–H groups in total. The van der Waals surface area contributed by atoms with Gasteiger partial charge in [-0.2, -0.15) is 0 Å². The number of thioether (sulfide) groups is 1. The highest BCUT2D eigenvalue weighted by atomic mass is 32.2. The summed E-state index contributed by atoms with van der Waals surface area (Å²) in [5.74, 6) is -0.512. The SMILES string of the molecule is COc1cccc(CSc2c(F)cc(N)cc2F)n1. The lowest BCUT2D eigenvalue weighted by Gasteiger charge is -2.06. The molecule has 2 rings (SSSR count). The van der Waals surface area contributed by atoms with E-state index in [-0.39, 0.29) is 10.6 Å². The third-order valence-electron chi connectivity index (χ3n) is 2.38. The summed E-state index contributed by atoms with van der Waals surface area (Å²) >= 11 is 1.03. The van der Waals surface area contributed by atoms with Crippen molar-refractivity contribution in [3.63, 3.8) is 0 Å². The number of nitrogen functional groups attached to an aromatic ring is 1. The van der Waals surface area contributed by atoms with Crippen LogP contribution in [-0.2, 0) is 5.75 Å². The van der Waals surface area contributed by atoms with Gasteiger partial charge in [0, 0.05) is 17.5 Å². The number of rotatable bonds is 4. The Morgan fingerprint density at radius 1 is 1.26 bits per heavy atom. The Labute approximate surface area is 113 Å². The number of hydrogen-bond donors (Lipinski definition) is 1. The number of halogens is 2. The van der Waals surface area contributed by atoms with Crippen molar-refractivity contribution in [3.05, 3.63) is 47.7 Å². The molecule has 1 aromatic carbocycles. The van der Waals surface area contributed by atoms with Gasteiger partial charge in [0.2, 0.25) is 5.88 Å². The van der Waals surface area contributed by atoms with Crippen molar-refractivity contribution in [2.24, 2.45) is 0 Å². The Balaban J connectivity index is 2.14. The fourth-order valence-corrected chi connectivity index (χ4v) is 2.36. The predicted molar refractivity (Wildman–Crippen MR) is 71.1 cm³/mol. The number of pyridine rings is 1. The van der Waals surface area contributed by atoms with E-state index >= 15 is 0 Å². The average molecular weight is 282 g/mol. The molecule has 19 heavy (non-hydrogen) atoms. The molecule has 0 radical (unpaired) electrons. The highest BCUT2D eigenvalue weighted by molar-refractivity contribution is 7.98. The highest BCUT2D eigenvalue weighted by Gasteiger charge is 2.11. The highest BCUT2D eigenvalue weighted by Crippen LogP contribution is 2.29. The van der Waals surface area contributed by atoms with Crippen molar-refractivity contribution in [2.75, 3.05) is 12.8 Å². The molecule has 6 heteroatoms. The monoisotopic (exact) mass is 282 g/mol. The number of methoxy groups -OCH3 is 1. The summed E-state index contributed by atoms with van der Waals surface area (Å²) in [4.78, 5) is 4.11. The molecule has 2 aromatic rings. The van der Waals surface area contributed by atoms with Crippen molar-refractivity contribution in [3.8, 4) is 5.88 Å². The lowest BCUT2D eigenvalue weighted by Crippen LogP contribution is -1.95. The van der Waals surface area contributed by atoms with Crippen LogP contribution in [0.25, 0.3) is 0 Å². The van der Waals surface area contributed by atoms with Crippen LogP contribution in [0, 0.1) is 11.6 Å². The van der Waals surface area contributed by atoms with E-state index in [2.05, 4.69) is 4.98 Å². The van der Waals surface area contributed by atoms with Gasteiger partial charge < -0.3 is 10.5 Å². The van der Waals surface area contributed by atoms with E-state index in [1.807, 2.05) is 0 Å². The molecule has 0 aliphatic heterocycles. The van der Waals surface area contributed by atoms with Gasteiger partial charge in [0.25, 0.3) is 0 Å². The zero-order valence-corrected chi connectivity index (χ0v) is 11.0. The molecule has 0 amide bonds. The molecule has 0 bridgehead atoms. The lowest BCUT2D eigenvalue weighted by molar-refractivity contribution is 0.397. The van der Waals surface area contributed by atoms with Gasteiger partial charge in [-0.3, -0.25) is 0 Å². The molecule has 0 unspecified atom stereocenters. The number of nitrogens with two attached hydrogens (primary N) is 1. The second-order valence-electron chi connectivity index (χ2n) is 3.77. The molecule has 0 aliphatic carbocycles. The van der Waals surface area contributed by atoms with E-state index in [1.165, 1.54) is 7.11 Å². The minimum absolute atomic E-state index is 0.0566. The first-order chi connectivity index (χ1) is 9.10. The molecular formula is C13H12F2N2OS. The zero-order valence-electron chi connectivity index (χ0n) is 10.2. The van der Waals surface area contributed by atoms with Gasteiger partial charge in [-0.25, -0.2) is 13.8 Å². The Morgan fingerprint density at radius 2 is 1.95 bits per heavy atom. The fraction of sp³-hybridized carbons (Fsp3) is 0.154. The smallest absolute Gasteiger partial charge is 0.213 e. The quantitative estimate of drug-likeness (QED) is 0.691. The van der Waals surface area contributed by atoms with Crippen LogP contribution in [0.2, 0.25) is 0 Å². The Hall–Kier alpha value is -1.82. The first-order valence-corrected chi connectivity index (χ1v) is 6.46. The second kappa shape index (κ2) is 5.88. The van der Waals surface area contributed by atoms with E-state index in [9.17, 15) is 8.78 Å². The standard InChI is InChI=1S/C13H12F2N2OS/c1-18-12-4-2-3-9(17-12)7-19-13-10(14)5-8(16)6-11(13)15/h2-6H,7,16H2,1H3. The predicted octanol–water partition coefficient (Wildman–Crippen LogP) is 3.24. The summed E-state index contributed by atoms with van der Waals surface area (Å²) < 4.78 is 32.1. The number of aromatic nitrogens is 1. The molecular weight excluding hydrogens is 270 g/mol. The van der Waals surface area contributed by atoms with Crippen LogP contribution in [0.15, 0.2) is 35.2 Å². The van der Waals surface area contributed by atoms with E-state index in [0.29, 0.717) is 17.3 Å². The van der Waals surface area contributed by atoms with Gasteiger partial charge in [0.1, 0.15) is 11.6 Å². The maximum atomic E-state index is 13.6.